The second-order valence-electron chi connectivity index (χ2n) is 10.0. The molecule has 1 aromatic carbocycles. The normalized spacial score (nSPS) is 17.4. The molecule has 2 aliphatic heterocycles. The molecule has 2 saturated heterocycles. The van der Waals surface area contributed by atoms with Crippen molar-refractivity contribution in [2.24, 2.45) is 5.92 Å². The van der Waals surface area contributed by atoms with E-state index in [-0.39, 0.29) is 17.8 Å². The summed E-state index contributed by atoms with van der Waals surface area (Å²) >= 11 is 0. The number of hydrogen-bond donors (Lipinski definition) is 0. The maximum atomic E-state index is 13.1. The monoisotopic (exact) mass is 512 g/mol. The number of carbonyl (C=O) groups excluding carboxylic acids is 2. The van der Waals surface area contributed by atoms with Crippen LogP contribution in [0.25, 0.3) is 0 Å². The third kappa shape index (κ3) is 7.63. The molecule has 0 bridgehead atoms. The fraction of sp³-hybridized carbons (Fsp3) is 0.607. The van der Waals surface area contributed by atoms with E-state index in [1.807, 2.05) is 6.92 Å². The predicted molar refractivity (Wildman–Crippen MR) is 139 cm³/mol. The Kier molecular flexibility index (Phi) is 9.71. The van der Waals surface area contributed by atoms with Gasteiger partial charge >= 0.3 is 5.97 Å². The topological polar surface area (TPSA) is 88.4 Å². The van der Waals surface area contributed by atoms with E-state index in [2.05, 4.69) is 46.8 Å². The summed E-state index contributed by atoms with van der Waals surface area (Å²) in [5, 5.41) is 0. The molecule has 0 spiro atoms. The molecule has 3 heterocycles. The van der Waals surface area contributed by atoms with Crippen LogP contribution in [0.3, 0.4) is 0 Å². The first kappa shape index (κ1) is 27.3. The average Bonchev–Trinajstić information content (AvgIpc) is 3.38. The van der Waals surface area contributed by atoms with E-state index in [1.54, 1.807) is 4.90 Å². The standard InChI is InChI=1S/C28H40N4O5/c1-4-36-28(34)23-7-9-32(10-8-23)27(33)25-20-37-26(29-25)19-31(12-11-30-13-15-35-16-14-30)18-24-17-21(2)5-6-22(24)3/h5-6,17,20,23H,4,7-16,18-19H2,1-3H3. The minimum atomic E-state index is -0.167. The van der Waals surface area contributed by atoms with Gasteiger partial charge in [-0.15, -0.1) is 0 Å². The number of esters is 1. The number of piperidine rings is 1. The van der Waals surface area contributed by atoms with Gasteiger partial charge in [-0.05, 0) is 44.7 Å². The van der Waals surface area contributed by atoms with Gasteiger partial charge in [-0.1, -0.05) is 23.8 Å². The van der Waals surface area contributed by atoms with Crippen LogP contribution in [0.1, 0.15) is 52.8 Å². The lowest BCUT2D eigenvalue weighted by Gasteiger charge is -2.30. The van der Waals surface area contributed by atoms with E-state index in [9.17, 15) is 9.59 Å². The average molecular weight is 513 g/mol. The number of amides is 1. The van der Waals surface area contributed by atoms with Crippen molar-refractivity contribution in [1.82, 2.24) is 19.7 Å². The minimum Gasteiger partial charge on any atom is -0.466 e. The van der Waals surface area contributed by atoms with Crippen LogP contribution in [0, 0.1) is 19.8 Å². The fourth-order valence-corrected chi connectivity index (χ4v) is 4.95. The summed E-state index contributed by atoms with van der Waals surface area (Å²) in [4.78, 5) is 36.1. The Morgan fingerprint density at radius 2 is 1.86 bits per heavy atom. The van der Waals surface area contributed by atoms with Gasteiger partial charge in [-0.25, -0.2) is 4.98 Å². The predicted octanol–water partition coefficient (Wildman–Crippen LogP) is 3.04. The smallest absolute Gasteiger partial charge is 0.309 e. The number of morpholine rings is 1. The second kappa shape index (κ2) is 13.2. The third-order valence-corrected chi connectivity index (χ3v) is 7.27. The van der Waals surface area contributed by atoms with Crippen molar-refractivity contribution >= 4 is 11.9 Å². The molecule has 0 unspecified atom stereocenters. The maximum Gasteiger partial charge on any atom is 0.309 e. The van der Waals surface area contributed by atoms with Crippen molar-refractivity contribution in [3.63, 3.8) is 0 Å². The highest BCUT2D eigenvalue weighted by atomic mass is 16.5. The van der Waals surface area contributed by atoms with Crippen molar-refractivity contribution in [2.75, 3.05) is 59.1 Å². The Hall–Kier alpha value is -2.75. The molecule has 0 N–H and O–H groups in total. The van der Waals surface area contributed by atoms with Crippen LogP contribution in [0.2, 0.25) is 0 Å². The number of rotatable bonds is 10. The van der Waals surface area contributed by atoms with Crippen LogP contribution in [0.5, 0.6) is 0 Å². The largest absolute Gasteiger partial charge is 0.466 e. The number of hydrogen-bond acceptors (Lipinski definition) is 8. The lowest BCUT2D eigenvalue weighted by atomic mass is 9.97. The molecule has 9 nitrogen and oxygen atoms in total. The van der Waals surface area contributed by atoms with Crippen LogP contribution in [-0.4, -0.2) is 90.6 Å². The highest BCUT2D eigenvalue weighted by Gasteiger charge is 2.30. The number of benzene rings is 1. The molecule has 202 valence electrons. The number of likely N-dealkylation sites (tertiary alicyclic amines) is 1. The summed E-state index contributed by atoms with van der Waals surface area (Å²) in [6, 6.07) is 6.54. The number of ether oxygens (including phenoxy) is 2. The summed E-state index contributed by atoms with van der Waals surface area (Å²) in [6.45, 7) is 14.0. The van der Waals surface area contributed by atoms with Gasteiger partial charge in [0.05, 0.1) is 32.3 Å². The van der Waals surface area contributed by atoms with Gasteiger partial charge in [0, 0.05) is 45.8 Å². The van der Waals surface area contributed by atoms with Crippen molar-refractivity contribution in [2.45, 2.75) is 46.7 Å². The summed E-state index contributed by atoms with van der Waals surface area (Å²) in [6.07, 6.45) is 2.69. The van der Waals surface area contributed by atoms with Crippen molar-refractivity contribution in [3.8, 4) is 0 Å². The van der Waals surface area contributed by atoms with Gasteiger partial charge in [0.1, 0.15) is 6.26 Å². The summed E-state index contributed by atoms with van der Waals surface area (Å²) in [5.74, 6) is 0.0880. The lowest BCUT2D eigenvalue weighted by molar-refractivity contribution is -0.149. The summed E-state index contributed by atoms with van der Waals surface area (Å²) in [5.41, 5.74) is 4.11. The number of aryl methyl sites for hydroxylation is 2. The zero-order valence-corrected chi connectivity index (χ0v) is 22.4. The van der Waals surface area contributed by atoms with Gasteiger partial charge in [0.25, 0.3) is 5.91 Å². The van der Waals surface area contributed by atoms with Crippen molar-refractivity contribution in [1.29, 1.82) is 0 Å². The van der Waals surface area contributed by atoms with E-state index in [1.165, 1.54) is 23.0 Å². The number of oxazole rings is 1. The van der Waals surface area contributed by atoms with Crippen molar-refractivity contribution in [3.05, 3.63) is 52.7 Å². The first-order valence-electron chi connectivity index (χ1n) is 13.4. The van der Waals surface area contributed by atoms with E-state index in [0.29, 0.717) is 50.7 Å². The van der Waals surface area contributed by atoms with E-state index >= 15 is 0 Å². The molecule has 0 atom stereocenters. The maximum absolute atomic E-state index is 13.1. The molecule has 2 aliphatic rings. The van der Waals surface area contributed by atoms with Crippen LogP contribution in [0.4, 0.5) is 0 Å². The Morgan fingerprint density at radius 1 is 1.11 bits per heavy atom. The van der Waals surface area contributed by atoms with E-state index < -0.39 is 0 Å². The first-order chi connectivity index (χ1) is 17.9. The Labute approximate surface area is 219 Å². The molecule has 37 heavy (non-hydrogen) atoms. The quantitative estimate of drug-likeness (QED) is 0.449. The summed E-state index contributed by atoms with van der Waals surface area (Å²) in [7, 11) is 0. The zero-order valence-electron chi connectivity index (χ0n) is 22.4. The Bertz CT molecular complexity index is 1040. The third-order valence-electron chi connectivity index (χ3n) is 7.27. The molecular formula is C28H40N4O5. The van der Waals surface area contributed by atoms with Crippen LogP contribution < -0.4 is 0 Å². The van der Waals surface area contributed by atoms with Gasteiger partial charge in [0.15, 0.2) is 5.69 Å². The van der Waals surface area contributed by atoms with Crippen molar-refractivity contribution < 1.29 is 23.5 Å². The highest BCUT2D eigenvalue weighted by molar-refractivity contribution is 5.92. The number of aromatic nitrogens is 1. The lowest BCUT2D eigenvalue weighted by Crippen LogP contribution is -2.41. The Balaban J connectivity index is 1.38. The van der Waals surface area contributed by atoms with Gasteiger partial charge in [-0.2, -0.15) is 0 Å². The zero-order chi connectivity index (χ0) is 26.2. The molecule has 2 aromatic rings. The molecular weight excluding hydrogens is 472 g/mol. The van der Waals surface area contributed by atoms with E-state index in [4.69, 9.17) is 13.9 Å². The van der Waals surface area contributed by atoms with Crippen LogP contribution in [-0.2, 0) is 27.4 Å². The first-order valence-corrected chi connectivity index (χ1v) is 13.4. The summed E-state index contributed by atoms with van der Waals surface area (Å²) < 4.78 is 16.4. The van der Waals surface area contributed by atoms with Gasteiger partial charge < -0.3 is 18.8 Å². The molecule has 2 fully saturated rings. The van der Waals surface area contributed by atoms with Gasteiger partial charge in [0.2, 0.25) is 5.89 Å². The molecule has 0 radical (unpaired) electrons. The number of nitrogens with zero attached hydrogens (tertiary/aromatic N) is 4. The molecule has 4 rings (SSSR count). The van der Waals surface area contributed by atoms with Crippen LogP contribution >= 0.6 is 0 Å². The minimum absolute atomic E-state index is 0.137. The SMILES string of the molecule is CCOC(=O)C1CCN(C(=O)c2coc(CN(CCN3CCOCC3)Cc3cc(C)ccc3C)n2)CC1. The second-order valence-corrected chi connectivity index (χ2v) is 10.0. The van der Waals surface area contributed by atoms with Crippen LogP contribution in [0.15, 0.2) is 28.9 Å². The molecule has 1 amide bonds. The molecule has 1 aromatic heterocycles. The molecule has 0 aliphatic carbocycles. The molecule has 9 heteroatoms. The fourth-order valence-electron chi connectivity index (χ4n) is 4.95. The molecule has 0 saturated carbocycles. The highest BCUT2D eigenvalue weighted by Crippen LogP contribution is 2.21. The van der Waals surface area contributed by atoms with E-state index in [0.717, 1.165) is 45.9 Å². The number of carbonyl (C=O) groups is 2. The Morgan fingerprint density at radius 3 is 2.59 bits per heavy atom. The van der Waals surface area contributed by atoms with Gasteiger partial charge in [-0.3, -0.25) is 19.4 Å².